The summed E-state index contributed by atoms with van der Waals surface area (Å²) in [5, 5.41) is 10.8. The van der Waals surface area contributed by atoms with Crippen LogP contribution >= 0.6 is 11.3 Å². The first-order valence-corrected chi connectivity index (χ1v) is 9.34. The van der Waals surface area contributed by atoms with Crippen molar-refractivity contribution in [2.45, 2.75) is 38.5 Å². The van der Waals surface area contributed by atoms with Crippen molar-refractivity contribution in [3.63, 3.8) is 0 Å². The number of carboxylic acids is 1. The molecule has 1 amide bonds. The summed E-state index contributed by atoms with van der Waals surface area (Å²) in [6.45, 7) is 4.77. The normalized spacial score (nSPS) is 16.6. The SMILES string of the molecule is CCc1nc(C)c(C(=O)N2CCC(C(=O)O)(c3ccccc3)CC2)s1. The smallest absolute Gasteiger partial charge is 0.314 e. The van der Waals surface area contributed by atoms with E-state index in [2.05, 4.69) is 4.98 Å². The Bertz CT molecular complexity index is 777. The van der Waals surface area contributed by atoms with Crippen LogP contribution < -0.4 is 0 Å². The maximum absolute atomic E-state index is 12.8. The molecule has 2 aromatic rings. The minimum atomic E-state index is -0.907. The second kappa shape index (κ2) is 6.96. The van der Waals surface area contributed by atoms with Gasteiger partial charge in [-0.15, -0.1) is 11.3 Å². The number of piperidine rings is 1. The van der Waals surface area contributed by atoms with Gasteiger partial charge in [0, 0.05) is 13.1 Å². The zero-order valence-electron chi connectivity index (χ0n) is 14.5. The predicted octanol–water partition coefficient (Wildman–Crippen LogP) is 3.27. The molecule has 5 nitrogen and oxygen atoms in total. The van der Waals surface area contributed by atoms with Gasteiger partial charge in [-0.1, -0.05) is 37.3 Å². The number of aryl methyl sites for hydroxylation is 2. The van der Waals surface area contributed by atoms with Gasteiger partial charge < -0.3 is 10.0 Å². The fourth-order valence-electron chi connectivity index (χ4n) is 3.42. The summed E-state index contributed by atoms with van der Waals surface area (Å²) in [5.41, 5.74) is 0.678. The zero-order valence-corrected chi connectivity index (χ0v) is 15.3. The molecule has 1 saturated heterocycles. The van der Waals surface area contributed by atoms with Crippen molar-refractivity contribution in [1.82, 2.24) is 9.88 Å². The van der Waals surface area contributed by atoms with E-state index in [0.717, 1.165) is 22.7 Å². The maximum atomic E-state index is 12.8. The monoisotopic (exact) mass is 358 g/mol. The third-order valence-corrected chi connectivity index (χ3v) is 6.27. The van der Waals surface area contributed by atoms with Gasteiger partial charge in [-0.25, -0.2) is 4.98 Å². The molecule has 3 rings (SSSR count). The van der Waals surface area contributed by atoms with Crippen LogP contribution in [0.3, 0.4) is 0 Å². The van der Waals surface area contributed by atoms with Crippen LogP contribution in [0.4, 0.5) is 0 Å². The average Bonchev–Trinajstić information content (AvgIpc) is 3.02. The summed E-state index contributed by atoms with van der Waals surface area (Å²) in [7, 11) is 0. The Labute approximate surface area is 151 Å². The highest BCUT2D eigenvalue weighted by atomic mass is 32.1. The number of carboxylic acid groups (broad SMARTS) is 1. The van der Waals surface area contributed by atoms with E-state index in [1.54, 1.807) is 4.90 Å². The highest BCUT2D eigenvalue weighted by Crippen LogP contribution is 2.36. The number of benzene rings is 1. The van der Waals surface area contributed by atoms with Crippen molar-refractivity contribution >= 4 is 23.2 Å². The fraction of sp³-hybridized carbons (Fsp3) is 0.421. The van der Waals surface area contributed by atoms with E-state index in [-0.39, 0.29) is 5.91 Å². The molecule has 0 aliphatic carbocycles. The van der Waals surface area contributed by atoms with Gasteiger partial charge >= 0.3 is 5.97 Å². The molecule has 1 aliphatic rings. The van der Waals surface area contributed by atoms with Crippen LogP contribution in [0.15, 0.2) is 30.3 Å². The molecule has 1 aromatic heterocycles. The van der Waals surface area contributed by atoms with E-state index in [0.29, 0.717) is 30.8 Å². The number of amides is 1. The molecule has 1 aromatic carbocycles. The first-order valence-electron chi connectivity index (χ1n) is 8.52. The lowest BCUT2D eigenvalue weighted by Crippen LogP contribution is -2.49. The van der Waals surface area contributed by atoms with Gasteiger partial charge in [0.2, 0.25) is 0 Å². The van der Waals surface area contributed by atoms with Crippen molar-refractivity contribution in [3.8, 4) is 0 Å². The number of hydrogen-bond donors (Lipinski definition) is 1. The van der Waals surface area contributed by atoms with Crippen molar-refractivity contribution in [2.75, 3.05) is 13.1 Å². The number of rotatable bonds is 4. The first-order chi connectivity index (χ1) is 12.0. The second-order valence-electron chi connectivity index (χ2n) is 6.42. The van der Waals surface area contributed by atoms with Gasteiger partial charge in [-0.2, -0.15) is 0 Å². The van der Waals surface area contributed by atoms with E-state index in [9.17, 15) is 14.7 Å². The number of nitrogens with zero attached hydrogens (tertiary/aromatic N) is 2. The van der Waals surface area contributed by atoms with Crippen molar-refractivity contribution < 1.29 is 14.7 Å². The molecule has 0 radical (unpaired) electrons. The molecule has 0 unspecified atom stereocenters. The first kappa shape index (κ1) is 17.6. The third-order valence-electron chi connectivity index (χ3n) is 4.98. The van der Waals surface area contributed by atoms with Crippen LogP contribution in [0.2, 0.25) is 0 Å². The highest BCUT2D eigenvalue weighted by molar-refractivity contribution is 7.13. The Morgan fingerprint density at radius 2 is 1.88 bits per heavy atom. The van der Waals surface area contributed by atoms with Gasteiger partial charge in [0.15, 0.2) is 0 Å². The summed E-state index contributed by atoms with van der Waals surface area (Å²) in [6, 6.07) is 9.35. The van der Waals surface area contributed by atoms with Gasteiger partial charge in [0.05, 0.1) is 16.1 Å². The largest absolute Gasteiger partial charge is 0.481 e. The lowest BCUT2D eigenvalue weighted by Gasteiger charge is -2.39. The number of carbonyl (C=O) groups is 2. The van der Waals surface area contributed by atoms with Crippen molar-refractivity contribution in [1.29, 1.82) is 0 Å². The van der Waals surface area contributed by atoms with Gasteiger partial charge in [0.25, 0.3) is 5.91 Å². The Hall–Kier alpha value is -2.21. The number of thiazole rings is 1. The van der Waals surface area contributed by atoms with Crippen LogP contribution in [0, 0.1) is 6.92 Å². The molecule has 25 heavy (non-hydrogen) atoms. The number of likely N-dealkylation sites (tertiary alicyclic amines) is 1. The van der Waals surface area contributed by atoms with Gasteiger partial charge in [-0.3, -0.25) is 9.59 Å². The summed E-state index contributed by atoms with van der Waals surface area (Å²) in [6.07, 6.45) is 1.67. The van der Waals surface area contributed by atoms with Crippen LogP contribution in [0.25, 0.3) is 0 Å². The summed E-state index contributed by atoms with van der Waals surface area (Å²) in [4.78, 5) is 31.7. The maximum Gasteiger partial charge on any atom is 0.314 e. The molecule has 0 bridgehead atoms. The molecule has 0 saturated carbocycles. The zero-order chi connectivity index (χ0) is 18.0. The van der Waals surface area contributed by atoms with Gasteiger partial charge in [0.1, 0.15) is 4.88 Å². The molecule has 1 aliphatic heterocycles. The Morgan fingerprint density at radius 3 is 2.40 bits per heavy atom. The topological polar surface area (TPSA) is 70.5 Å². The molecule has 132 valence electrons. The van der Waals surface area contributed by atoms with Crippen LogP contribution in [0.1, 0.15) is 45.7 Å². The molecule has 0 spiro atoms. The molecular weight excluding hydrogens is 336 g/mol. The standard InChI is InChI=1S/C19H22N2O3S/c1-3-15-20-13(2)16(25-15)17(22)21-11-9-19(10-12-21,18(23)24)14-7-5-4-6-8-14/h4-8H,3,9-12H2,1-2H3,(H,23,24). The minimum absolute atomic E-state index is 0.0262. The molecular formula is C19H22N2O3S. The quantitative estimate of drug-likeness (QED) is 0.911. The van der Waals surface area contributed by atoms with E-state index in [1.807, 2.05) is 44.2 Å². The van der Waals surface area contributed by atoms with Crippen LogP contribution in [-0.4, -0.2) is 40.0 Å². The second-order valence-corrected chi connectivity index (χ2v) is 7.50. The van der Waals surface area contributed by atoms with Crippen LogP contribution in [0.5, 0.6) is 0 Å². The number of aromatic nitrogens is 1. The summed E-state index contributed by atoms with van der Waals surface area (Å²) >= 11 is 1.45. The molecule has 2 heterocycles. The summed E-state index contributed by atoms with van der Waals surface area (Å²) < 4.78 is 0. The number of aliphatic carboxylic acids is 1. The third kappa shape index (κ3) is 3.18. The Morgan fingerprint density at radius 1 is 1.24 bits per heavy atom. The van der Waals surface area contributed by atoms with E-state index in [4.69, 9.17) is 0 Å². The van der Waals surface area contributed by atoms with Crippen molar-refractivity contribution in [3.05, 3.63) is 51.5 Å². The lowest BCUT2D eigenvalue weighted by atomic mass is 9.73. The Kier molecular flexibility index (Phi) is 4.90. The van der Waals surface area contributed by atoms with E-state index >= 15 is 0 Å². The average molecular weight is 358 g/mol. The molecule has 6 heteroatoms. The molecule has 1 N–H and O–H groups in total. The fourth-order valence-corrected chi connectivity index (χ4v) is 4.39. The van der Waals surface area contributed by atoms with E-state index < -0.39 is 11.4 Å². The predicted molar refractivity (Wildman–Crippen MR) is 97.1 cm³/mol. The molecule has 1 fully saturated rings. The molecule has 0 atom stereocenters. The Balaban J connectivity index is 1.79. The number of carbonyl (C=O) groups excluding carboxylic acids is 1. The highest BCUT2D eigenvalue weighted by Gasteiger charge is 2.44. The number of hydrogen-bond acceptors (Lipinski definition) is 4. The van der Waals surface area contributed by atoms with Gasteiger partial charge in [-0.05, 0) is 31.7 Å². The summed E-state index contributed by atoms with van der Waals surface area (Å²) in [5.74, 6) is -0.838. The van der Waals surface area contributed by atoms with Crippen LogP contribution in [-0.2, 0) is 16.6 Å². The lowest BCUT2D eigenvalue weighted by molar-refractivity contribution is -0.145. The van der Waals surface area contributed by atoms with E-state index in [1.165, 1.54) is 11.3 Å². The minimum Gasteiger partial charge on any atom is -0.481 e. The van der Waals surface area contributed by atoms with Crippen molar-refractivity contribution in [2.24, 2.45) is 0 Å².